The molecular weight excluding hydrogens is 350 g/mol. The predicted octanol–water partition coefficient (Wildman–Crippen LogP) is 3.45. The van der Waals surface area contributed by atoms with Crippen LogP contribution in [0.5, 0.6) is 0 Å². The van der Waals surface area contributed by atoms with E-state index in [4.69, 9.17) is 4.98 Å². The zero-order valence-corrected chi connectivity index (χ0v) is 16.3. The Morgan fingerprint density at radius 1 is 1.07 bits per heavy atom. The maximum Gasteiger partial charge on any atom is 0.265 e. The summed E-state index contributed by atoms with van der Waals surface area (Å²) >= 11 is 0. The number of aromatic nitrogens is 3. The highest BCUT2D eigenvalue weighted by atomic mass is 16.1. The van der Waals surface area contributed by atoms with Crippen LogP contribution in [0, 0.1) is 0 Å². The lowest BCUT2D eigenvalue weighted by atomic mass is 9.91. The number of para-hydroxylation sites is 1. The lowest BCUT2D eigenvalue weighted by Gasteiger charge is -2.38. The van der Waals surface area contributed by atoms with Gasteiger partial charge in [-0.25, -0.2) is 4.98 Å². The Kier molecular flexibility index (Phi) is 4.36. The minimum atomic E-state index is 0.0491. The molecule has 0 radical (unpaired) electrons. The normalized spacial score (nSPS) is 16.8. The Bertz CT molecular complexity index is 1080. The molecule has 0 N–H and O–H groups in total. The predicted molar refractivity (Wildman–Crippen MR) is 111 cm³/mol. The molecule has 0 fully saturated rings. The molecule has 0 unspecified atom stereocenters. The quantitative estimate of drug-likeness (QED) is 0.702. The average molecular weight is 375 g/mol. The Morgan fingerprint density at radius 2 is 1.89 bits per heavy atom. The van der Waals surface area contributed by atoms with Gasteiger partial charge in [-0.3, -0.25) is 19.2 Å². The van der Waals surface area contributed by atoms with Crippen LogP contribution in [0.15, 0.2) is 41.3 Å². The Balaban J connectivity index is 1.74. The van der Waals surface area contributed by atoms with Crippen molar-refractivity contribution in [3.05, 3.63) is 58.0 Å². The summed E-state index contributed by atoms with van der Waals surface area (Å²) in [6.45, 7) is 4.42. The second-order valence-electron chi connectivity index (χ2n) is 7.75. The number of pyridine rings is 1. The first-order valence-electron chi connectivity index (χ1n) is 10.2. The van der Waals surface area contributed by atoms with Crippen molar-refractivity contribution in [2.45, 2.75) is 45.7 Å². The molecule has 6 nitrogen and oxygen atoms in total. The Labute approximate surface area is 164 Å². The number of anilines is 2. The largest absolute Gasteiger partial charge is 0.298 e. The van der Waals surface area contributed by atoms with E-state index in [1.54, 1.807) is 0 Å². The van der Waals surface area contributed by atoms with Crippen molar-refractivity contribution >= 4 is 22.7 Å². The lowest BCUT2D eigenvalue weighted by molar-refractivity contribution is 0.200. The van der Waals surface area contributed by atoms with E-state index in [1.807, 2.05) is 29.0 Å². The average Bonchev–Trinajstić information content (AvgIpc) is 2.74. The Morgan fingerprint density at radius 3 is 2.71 bits per heavy atom. The van der Waals surface area contributed by atoms with E-state index in [0.29, 0.717) is 18.3 Å². The summed E-state index contributed by atoms with van der Waals surface area (Å²) in [5, 5.41) is 0.729. The molecule has 0 bridgehead atoms. The summed E-state index contributed by atoms with van der Waals surface area (Å²) in [6, 6.07) is 10.2. The molecule has 0 saturated carbocycles. The topological polar surface area (TPSA) is 54.3 Å². The summed E-state index contributed by atoms with van der Waals surface area (Å²) in [5.41, 5.74) is 4.07. The molecule has 6 heteroatoms. The smallest absolute Gasteiger partial charge is 0.265 e. The van der Waals surface area contributed by atoms with Crippen molar-refractivity contribution in [1.29, 1.82) is 0 Å². The third-order valence-corrected chi connectivity index (χ3v) is 5.82. The van der Waals surface area contributed by atoms with E-state index in [0.717, 1.165) is 50.0 Å². The summed E-state index contributed by atoms with van der Waals surface area (Å²) in [5.74, 6) is 0.694. The molecule has 1 aliphatic heterocycles. The molecule has 0 spiro atoms. The van der Waals surface area contributed by atoms with Gasteiger partial charge in [-0.2, -0.15) is 4.98 Å². The van der Waals surface area contributed by atoms with Crippen molar-refractivity contribution in [2.75, 3.05) is 18.1 Å². The fourth-order valence-corrected chi connectivity index (χ4v) is 4.49. The fourth-order valence-electron chi connectivity index (χ4n) is 4.49. The molecule has 28 heavy (non-hydrogen) atoms. The van der Waals surface area contributed by atoms with Gasteiger partial charge in [0.15, 0.2) is 5.65 Å². The third-order valence-electron chi connectivity index (χ3n) is 5.82. The highest BCUT2D eigenvalue weighted by Gasteiger charge is 2.28. The zero-order valence-electron chi connectivity index (χ0n) is 16.3. The minimum absolute atomic E-state index is 0.0491. The number of fused-ring (bicyclic) bond motifs is 4. The van der Waals surface area contributed by atoms with E-state index in [2.05, 4.69) is 33.8 Å². The molecule has 2 aromatic heterocycles. The maximum absolute atomic E-state index is 13.6. The van der Waals surface area contributed by atoms with Crippen LogP contribution >= 0.6 is 0 Å². The van der Waals surface area contributed by atoms with E-state index in [-0.39, 0.29) is 5.56 Å². The van der Waals surface area contributed by atoms with E-state index in [9.17, 15) is 4.79 Å². The van der Waals surface area contributed by atoms with E-state index >= 15 is 0 Å². The molecular formula is C22H25N5O. The first-order chi connectivity index (χ1) is 13.8. The van der Waals surface area contributed by atoms with Crippen LogP contribution in [0.1, 0.15) is 37.3 Å². The number of nitrogens with zero attached hydrogens (tertiary/aromatic N) is 5. The monoisotopic (exact) mass is 375 g/mol. The summed E-state index contributed by atoms with van der Waals surface area (Å²) < 4.78 is 1.84. The molecule has 2 aliphatic rings. The van der Waals surface area contributed by atoms with Crippen LogP contribution in [-0.4, -0.2) is 32.6 Å². The van der Waals surface area contributed by atoms with Crippen LogP contribution in [0.2, 0.25) is 0 Å². The SMILES string of the molecule is CCCN1CN(c2ccccc2)c2nc3ncc4c(c3c(=O)n2C1)CCCC4. The van der Waals surface area contributed by atoms with Gasteiger partial charge < -0.3 is 0 Å². The standard InChI is InChI=1S/C22H25N5O/c1-2-12-25-14-26(17-9-4-3-5-10-17)22-24-20-19(21(28)27(22)15-25)18-11-7-6-8-16(18)13-23-20/h3-5,9-10,13H,2,6-8,11-12,14-15H2,1H3. The summed E-state index contributed by atoms with van der Waals surface area (Å²) in [4.78, 5) is 27.5. The van der Waals surface area contributed by atoms with E-state index in [1.165, 1.54) is 17.5 Å². The van der Waals surface area contributed by atoms with Crippen molar-refractivity contribution in [3.63, 3.8) is 0 Å². The number of rotatable bonds is 3. The van der Waals surface area contributed by atoms with E-state index < -0.39 is 0 Å². The van der Waals surface area contributed by atoms with Crippen molar-refractivity contribution in [2.24, 2.45) is 0 Å². The van der Waals surface area contributed by atoms with Gasteiger partial charge in [0.1, 0.15) is 0 Å². The molecule has 1 aromatic carbocycles. The van der Waals surface area contributed by atoms with Crippen LogP contribution in [0.4, 0.5) is 11.6 Å². The second-order valence-corrected chi connectivity index (χ2v) is 7.75. The molecule has 3 aromatic rings. The van der Waals surface area contributed by atoms with Gasteiger partial charge in [0.25, 0.3) is 5.56 Å². The molecule has 3 heterocycles. The van der Waals surface area contributed by atoms with Gasteiger partial charge in [-0.05, 0) is 55.4 Å². The molecule has 0 atom stereocenters. The maximum atomic E-state index is 13.6. The van der Waals surface area contributed by atoms with Gasteiger partial charge in [0, 0.05) is 18.4 Å². The van der Waals surface area contributed by atoms with Gasteiger partial charge in [-0.15, -0.1) is 0 Å². The van der Waals surface area contributed by atoms with Gasteiger partial charge in [0.05, 0.1) is 18.7 Å². The lowest BCUT2D eigenvalue weighted by Crippen LogP contribution is -2.47. The highest BCUT2D eigenvalue weighted by molar-refractivity contribution is 5.81. The molecule has 0 amide bonds. The number of benzene rings is 1. The van der Waals surface area contributed by atoms with Crippen molar-refractivity contribution < 1.29 is 0 Å². The van der Waals surface area contributed by atoms with Crippen molar-refractivity contribution in [3.8, 4) is 0 Å². The zero-order chi connectivity index (χ0) is 19.1. The van der Waals surface area contributed by atoms with Gasteiger partial charge in [-0.1, -0.05) is 25.1 Å². The van der Waals surface area contributed by atoms with Crippen LogP contribution in [-0.2, 0) is 19.5 Å². The second kappa shape index (κ2) is 7.02. The molecule has 144 valence electrons. The number of hydrogen-bond donors (Lipinski definition) is 0. The summed E-state index contributed by atoms with van der Waals surface area (Å²) in [7, 11) is 0. The number of hydrogen-bond acceptors (Lipinski definition) is 5. The highest BCUT2D eigenvalue weighted by Crippen LogP contribution is 2.30. The molecule has 0 saturated heterocycles. The third kappa shape index (κ3) is 2.79. The van der Waals surface area contributed by atoms with Crippen LogP contribution in [0.3, 0.4) is 0 Å². The van der Waals surface area contributed by atoms with Crippen molar-refractivity contribution in [1.82, 2.24) is 19.4 Å². The van der Waals surface area contributed by atoms with Crippen LogP contribution in [0.25, 0.3) is 11.0 Å². The summed E-state index contributed by atoms with van der Waals surface area (Å²) in [6.07, 6.45) is 7.24. The number of aryl methyl sites for hydroxylation is 2. The molecule has 5 rings (SSSR count). The molecule has 1 aliphatic carbocycles. The van der Waals surface area contributed by atoms with Gasteiger partial charge in [0.2, 0.25) is 5.95 Å². The van der Waals surface area contributed by atoms with Crippen LogP contribution < -0.4 is 10.5 Å². The fraction of sp³-hybridized carbons (Fsp3) is 0.409. The Hall–Kier alpha value is -2.73. The minimum Gasteiger partial charge on any atom is -0.298 e. The first-order valence-corrected chi connectivity index (χ1v) is 10.2. The van der Waals surface area contributed by atoms with Gasteiger partial charge >= 0.3 is 0 Å². The first kappa shape index (κ1) is 17.4.